The number of hydrogen-bond donors (Lipinski definition) is 2. The molecule has 0 aliphatic carbocycles. The summed E-state index contributed by atoms with van der Waals surface area (Å²) < 4.78 is 33.4. The van der Waals surface area contributed by atoms with Crippen molar-refractivity contribution >= 4 is 92.4 Å². The second kappa shape index (κ2) is 8.74. The molecule has 3 aliphatic rings. The van der Waals surface area contributed by atoms with Crippen LogP contribution in [-0.2, 0) is 0 Å². The average Bonchev–Trinajstić information content (AvgIpc) is 3.41. The normalized spacial score (nSPS) is 19.0. The van der Waals surface area contributed by atoms with Crippen molar-refractivity contribution < 1.29 is 8.78 Å². The molecule has 4 rings (SSSR count). The fourth-order valence-corrected chi connectivity index (χ4v) is 12.0. The third-order valence-corrected chi connectivity index (χ3v) is 13.0. The van der Waals surface area contributed by atoms with E-state index >= 15 is 0 Å². The average molecular weight is 518 g/mol. The lowest BCUT2D eigenvalue weighted by Gasteiger charge is -2.27. The van der Waals surface area contributed by atoms with Gasteiger partial charge in [-0.1, -0.05) is 58.8 Å². The van der Waals surface area contributed by atoms with E-state index in [-0.39, 0.29) is 14.6 Å². The Morgan fingerprint density at radius 3 is 1.97 bits per heavy atom. The first kappa shape index (κ1) is 22.6. The third-order valence-electron chi connectivity index (χ3n) is 4.49. The lowest BCUT2D eigenvalue weighted by atomic mass is 10.3. The van der Waals surface area contributed by atoms with Gasteiger partial charge in [0.05, 0.1) is 26.0 Å². The number of rotatable bonds is 3. The van der Waals surface area contributed by atoms with E-state index in [0.29, 0.717) is 6.04 Å². The molecule has 3 nitrogen and oxygen atoms in total. The molecule has 0 aromatic carbocycles. The van der Waals surface area contributed by atoms with E-state index in [4.69, 9.17) is 10.8 Å². The van der Waals surface area contributed by atoms with E-state index < -0.39 is 11.6 Å². The molecule has 1 aromatic heterocycles. The maximum absolute atomic E-state index is 14.6. The van der Waals surface area contributed by atoms with Crippen LogP contribution in [0.5, 0.6) is 0 Å². The molecule has 158 valence electrons. The summed E-state index contributed by atoms with van der Waals surface area (Å²) in [6.45, 7) is 8.66. The van der Waals surface area contributed by atoms with Gasteiger partial charge in [-0.2, -0.15) is 0 Å². The smallest absolute Gasteiger partial charge is 0.179 e. The molecule has 0 saturated heterocycles. The van der Waals surface area contributed by atoms with Gasteiger partial charge >= 0.3 is 0 Å². The van der Waals surface area contributed by atoms with Crippen molar-refractivity contribution in [3.63, 3.8) is 0 Å². The molecule has 11 heteroatoms. The summed E-state index contributed by atoms with van der Waals surface area (Å²) in [5, 5.41) is 15.9. The number of allylic oxidation sites excluding steroid dienone is 2. The fraction of sp³-hybridized carbons (Fsp3) is 0.263. The van der Waals surface area contributed by atoms with Crippen molar-refractivity contribution in [2.24, 2.45) is 0 Å². The van der Waals surface area contributed by atoms with E-state index in [0.717, 1.165) is 36.5 Å². The topological polar surface area (TPSA) is 50.9 Å². The lowest BCUT2D eigenvalue weighted by molar-refractivity contribution is 0.381. The third kappa shape index (κ3) is 3.75. The van der Waals surface area contributed by atoms with E-state index in [1.165, 1.54) is 43.4 Å². The van der Waals surface area contributed by atoms with Crippen LogP contribution in [0.2, 0.25) is 0 Å². The van der Waals surface area contributed by atoms with Gasteiger partial charge in [-0.05, 0) is 27.7 Å². The quantitative estimate of drug-likeness (QED) is 0.449. The van der Waals surface area contributed by atoms with Crippen LogP contribution in [0.4, 0.5) is 8.78 Å². The molecular formula is C19H17F2N3S6. The Morgan fingerprint density at radius 2 is 1.43 bits per heavy atom. The van der Waals surface area contributed by atoms with Crippen LogP contribution in [0, 0.1) is 22.5 Å². The summed E-state index contributed by atoms with van der Waals surface area (Å²) in [5.74, 6) is -1.87. The SMILES string of the molecule is CC1=C(C)N(C(C)C)C(=C2SC3=C(S2)SC(=c2sc(=C(C=N)C=N)c(F)c2F)S3)S1. The fourth-order valence-electron chi connectivity index (χ4n) is 3.00. The molecule has 30 heavy (non-hydrogen) atoms. The van der Waals surface area contributed by atoms with Gasteiger partial charge in [0.1, 0.15) is 5.03 Å². The highest BCUT2D eigenvalue weighted by molar-refractivity contribution is 8.52. The maximum Gasteiger partial charge on any atom is 0.179 e. The van der Waals surface area contributed by atoms with Crippen LogP contribution in [0.25, 0.3) is 9.81 Å². The van der Waals surface area contributed by atoms with Crippen molar-refractivity contribution in [1.82, 2.24) is 4.90 Å². The zero-order valence-electron chi connectivity index (χ0n) is 16.4. The molecule has 0 fully saturated rings. The standard InChI is InChI=1S/C19H17F2N3S6/c1-7(2)24-8(3)9(4)25-15(24)17-29-18-19(30-17)28-16(27-18)14-12(21)11(20)13(26-14)10(5-22)6-23/h5-7,22-23H,1-4H3. The highest BCUT2D eigenvalue weighted by Crippen LogP contribution is 2.69. The van der Waals surface area contributed by atoms with Gasteiger partial charge in [0.15, 0.2) is 11.6 Å². The number of nitrogens with one attached hydrogen (secondary N) is 2. The molecular weight excluding hydrogens is 501 g/mol. The lowest BCUT2D eigenvalue weighted by Crippen LogP contribution is -2.24. The minimum absolute atomic E-state index is 0.00308. The van der Waals surface area contributed by atoms with Gasteiger partial charge < -0.3 is 15.7 Å². The van der Waals surface area contributed by atoms with Crippen LogP contribution < -0.4 is 9.06 Å². The highest BCUT2D eigenvalue weighted by Gasteiger charge is 2.37. The van der Waals surface area contributed by atoms with E-state index in [2.05, 4.69) is 32.6 Å². The molecule has 0 amide bonds. The number of thiophene rings is 1. The zero-order valence-corrected chi connectivity index (χ0v) is 21.3. The van der Waals surface area contributed by atoms with Crippen molar-refractivity contribution in [3.8, 4) is 0 Å². The van der Waals surface area contributed by atoms with E-state index in [9.17, 15) is 8.78 Å². The Bertz CT molecular complexity index is 1160. The first-order valence-corrected chi connectivity index (χ1v) is 13.7. The Balaban J connectivity index is 1.66. The van der Waals surface area contributed by atoms with Crippen LogP contribution in [-0.4, -0.2) is 23.4 Å². The maximum atomic E-state index is 14.6. The zero-order chi connectivity index (χ0) is 21.7. The van der Waals surface area contributed by atoms with Gasteiger partial charge in [-0.3, -0.25) is 0 Å². The molecule has 0 radical (unpaired) electrons. The van der Waals surface area contributed by atoms with Crippen molar-refractivity contribution in [3.05, 3.63) is 49.0 Å². The Hall–Kier alpha value is -0.590. The van der Waals surface area contributed by atoms with Crippen LogP contribution in [0.1, 0.15) is 27.7 Å². The number of nitrogens with zero attached hydrogens (tertiary/aromatic N) is 1. The highest BCUT2D eigenvalue weighted by atomic mass is 32.3. The first-order valence-electron chi connectivity index (χ1n) is 8.84. The summed E-state index contributed by atoms with van der Waals surface area (Å²) in [6.07, 6.45) is 1.76. The molecule has 0 spiro atoms. The summed E-state index contributed by atoms with van der Waals surface area (Å²) in [6, 6.07) is 0.367. The van der Waals surface area contributed by atoms with Gasteiger partial charge in [-0.15, -0.1) is 11.3 Å². The summed E-state index contributed by atoms with van der Waals surface area (Å²) >= 11 is 9.12. The monoisotopic (exact) mass is 517 g/mol. The molecule has 3 aliphatic heterocycles. The van der Waals surface area contributed by atoms with E-state index in [1.807, 2.05) is 0 Å². The number of thioether (sulfide) groups is 5. The molecule has 0 atom stereocenters. The second-order valence-corrected chi connectivity index (χ2v) is 14.0. The minimum Gasteiger partial charge on any atom is -0.335 e. The minimum atomic E-state index is -0.979. The second-order valence-electron chi connectivity index (χ2n) is 6.70. The largest absolute Gasteiger partial charge is 0.335 e. The first-order chi connectivity index (χ1) is 14.3. The Kier molecular flexibility index (Phi) is 6.59. The van der Waals surface area contributed by atoms with Gasteiger partial charge in [0, 0.05) is 34.6 Å². The van der Waals surface area contributed by atoms with Crippen LogP contribution in [0.3, 0.4) is 0 Å². The van der Waals surface area contributed by atoms with Crippen molar-refractivity contribution in [2.75, 3.05) is 0 Å². The molecule has 2 N–H and O–H groups in total. The van der Waals surface area contributed by atoms with Gasteiger partial charge in [0.25, 0.3) is 0 Å². The van der Waals surface area contributed by atoms with Crippen molar-refractivity contribution in [2.45, 2.75) is 33.7 Å². The molecule has 4 heterocycles. The van der Waals surface area contributed by atoms with Crippen LogP contribution in [0.15, 0.2) is 28.3 Å². The number of hydrogen-bond acceptors (Lipinski definition) is 9. The van der Waals surface area contributed by atoms with Gasteiger partial charge in [-0.25, -0.2) is 8.78 Å². The Morgan fingerprint density at radius 1 is 0.867 bits per heavy atom. The van der Waals surface area contributed by atoms with E-state index in [1.54, 1.807) is 35.3 Å². The predicted molar refractivity (Wildman–Crippen MR) is 135 cm³/mol. The molecule has 1 aromatic rings. The molecule has 0 unspecified atom stereocenters. The summed E-state index contributed by atoms with van der Waals surface area (Å²) in [7, 11) is 0. The van der Waals surface area contributed by atoms with Crippen LogP contribution >= 0.6 is 70.1 Å². The van der Waals surface area contributed by atoms with Crippen molar-refractivity contribution in [1.29, 1.82) is 10.8 Å². The Labute approximate surface area is 198 Å². The summed E-state index contributed by atoms with van der Waals surface area (Å²) in [5.41, 5.74) is 1.35. The number of halogens is 2. The molecule has 0 saturated carbocycles. The summed E-state index contributed by atoms with van der Waals surface area (Å²) in [4.78, 5) is 3.67. The molecule has 0 bridgehead atoms. The predicted octanol–water partition coefficient (Wildman–Crippen LogP) is 6.46. The van der Waals surface area contributed by atoms with Gasteiger partial charge in [0.2, 0.25) is 0 Å².